The number of benzene rings is 1. The Hall–Kier alpha value is -2.04. The van der Waals surface area contributed by atoms with Crippen LogP contribution in [0.5, 0.6) is 5.75 Å². The van der Waals surface area contributed by atoms with Crippen molar-refractivity contribution in [1.29, 1.82) is 0 Å². The molecule has 2 fully saturated rings. The van der Waals surface area contributed by atoms with Crippen molar-refractivity contribution in [2.75, 3.05) is 20.2 Å². The van der Waals surface area contributed by atoms with Gasteiger partial charge in [0, 0.05) is 25.9 Å². The Morgan fingerprint density at radius 1 is 0.952 bits per heavy atom. The van der Waals surface area contributed by atoms with E-state index in [0.29, 0.717) is 12.8 Å². The van der Waals surface area contributed by atoms with Gasteiger partial charge in [0.15, 0.2) is 0 Å². The number of rotatable bonds is 4. The highest BCUT2D eigenvalue weighted by Gasteiger charge is 2.37. The predicted octanol–water partition coefficient (Wildman–Crippen LogP) is 1.94. The molecule has 0 unspecified atom stereocenters. The Labute approximate surface area is 124 Å². The first kappa shape index (κ1) is 13.9. The van der Waals surface area contributed by atoms with Crippen LogP contribution in [0, 0.1) is 0 Å². The predicted molar refractivity (Wildman–Crippen MR) is 77.6 cm³/mol. The van der Waals surface area contributed by atoms with Gasteiger partial charge in [0.2, 0.25) is 11.8 Å². The molecule has 0 N–H and O–H groups in total. The summed E-state index contributed by atoms with van der Waals surface area (Å²) in [5.74, 6) is 1.05. The fourth-order valence-electron chi connectivity index (χ4n) is 3.16. The van der Waals surface area contributed by atoms with Crippen molar-refractivity contribution < 1.29 is 14.3 Å². The monoisotopic (exact) mass is 288 g/mol. The van der Waals surface area contributed by atoms with Crippen LogP contribution in [0.25, 0.3) is 0 Å². The molecule has 2 aliphatic rings. The van der Waals surface area contributed by atoms with Gasteiger partial charge < -0.3 is 14.5 Å². The van der Waals surface area contributed by atoms with Crippen LogP contribution in [-0.4, -0.2) is 41.8 Å². The number of hydrogen-bond acceptors (Lipinski definition) is 3. The first-order valence-corrected chi connectivity index (χ1v) is 7.43. The first-order chi connectivity index (χ1) is 10.2. The summed E-state index contributed by atoms with van der Waals surface area (Å²) in [6, 6.07) is 7.65. The summed E-state index contributed by atoms with van der Waals surface area (Å²) < 4.78 is 5.18. The Bertz CT molecular complexity index is 515. The molecule has 1 aromatic rings. The Morgan fingerprint density at radius 3 is 1.86 bits per heavy atom. The fourth-order valence-corrected chi connectivity index (χ4v) is 3.16. The van der Waals surface area contributed by atoms with Crippen molar-refractivity contribution >= 4 is 11.8 Å². The van der Waals surface area contributed by atoms with Gasteiger partial charge in [0.1, 0.15) is 11.9 Å². The summed E-state index contributed by atoms with van der Waals surface area (Å²) in [6.45, 7) is 1.44. The SMILES string of the molecule is COc1ccc(C(N2CCCC2=O)N2CCCC2=O)cc1. The van der Waals surface area contributed by atoms with Gasteiger partial charge in [-0.05, 0) is 30.5 Å². The minimum Gasteiger partial charge on any atom is -0.497 e. The lowest BCUT2D eigenvalue weighted by molar-refractivity contribution is -0.140. The molecule has 0 saturated carbocycles. The maximum Gasteiger partial charge on any atom is 0.224 e. The molecule has 5 heteroatoms. The lowest BCUT2D eigenvalue weighted by Crippen LogP contribution is -2.42. The standard InChI is InChI=1S/C16H20N2O3/c1-21-13-8-6-12(7-9-13)16(17-10-2-4-14(17)19)18-11-3-5-15(18)20/h6-9,16H,2-5,10-11H2,1H3. The molecule has 2 saturated heterocycles. The van der Waals surface area contributed by atoms with Crippen molar-refractivity contribution in [1.82, 2.24) is 9.80 Å². The zero-order valence-corrected chi connectivity index (χ0v) is 12.2. The number of carbonyl (C=O) groups is 2. The molecule has 0 aromatic heterocycles. The highest BCUT2D eigenvalue weighted by atomic mass is 16.5. The summed E-state index contributed by atoms with van der Waals surface area (Å²) in [5, 5.41) is 0. The molecular weight excluding hydrogens is 268 g/mol. The van der Waals surface area contributed by atoms with E-state index < -0.39 is 0 Å². The molecule has 2 amide bonds. The van der Waals surface area contributed by atoms with Gasteiger partial charge in [0.05, 0.1) is 7.11 Å². The third kappa shape index (κ3) is 2.60. The zero-order valence-electron chi connectivity index (χ0n) is 12.2. The number of methoxy groups -OCH3 is 1. The van der Waals surface area contributed by atoms with Crippen LogP contribution in [0.1, 0.15) is 37.4 Å². The minimum atomic E-state index is -0.263. The van der Waals surface area contributed by atoms with Crippen molar-refractivity contribution in [2.45, 2.75) is 31.8 Å². The second-order valence-electron chi connectivity index (χ2n) is 5.53. The molecule has 0 atom stereocenters. The fraction of sp³-hybridized carbons (Fsp3) is 0.500. The van der Waals surface area contributed by atoms with E-state index in [9.17, 15) is 9.59 Å². The lowest BCUT2D eigenvalue weighted by atomic mass is 10.1. The maximum absolute atomic E-state index is 12.1. The smallest absolute Gasteiger partial charge is 0.224 e. The number of nitrogens with zero attached hydrogens (tertiary/aromatic N) is 2. The average molecular weight is 288 g/mol. The summed E-state index contributed by atoms with van der Waals surface area (Å²) in [4.78, 5) is 28.0. The van der Waals surface area contributed by atoms with Gasteiger partial charge in [-0.2, -0.15) is 0 Å². The van der Waals surface area contributed by atoms with E-state index in [-0.39, 0.29) is 18.0 Å². The summed E-state index contributed by atoms with van der Waals surface area (Å²) in [5.41, 5.74) is 0.973. The van der Waals surface area contributed by atoms with Crippen LogP contribution in [0.3, 0.4) is 0 Å². The second kappa shape index (κ2) is 5.76. The number of amides is 2. The molecule has 3 rings (SSSR count). The van der Waals surface area contributed by atoms with E-state index in [1.807, 2.05) is 34.1 Å². The molecule has 112 valence electrons. The molecule has 0 bridgehead atoms. The Kier molecular flexibility index (Phi) is 3.82. The van der Waals surface area contributed by atoms with E-state index in [2.05, 4.69) is 0 Å². The Morgan fingerprint density at radius 2 is 1.48 bits per heavy atom. The molecular formula is C16H20N2O3. The summed E-state index contributed by atoms with van der Waals surface area (Å²) in [7, 11) is 1.63. The van der Waals surface area contributed by atoms with E-state index in [0.717, 1.165) is 37.2 Å². The highest BCUT2D eigenvalue weighted by Crippen LogP contribution is 2.33. The quantitative estimate of drug-likeness (QED) is 0.850. The van der Waals surface area contributed by atoms with Crippen LogP contribution in [0.15, 0.2) is 24.3 Å². The third-order valence-electron chi connectivity index (χ3n) is 4.22. The minimum absolute atomic E-state index is 0.135. The number of likely N-dealkylation sites (tertiary alicyclic amines) is 2. The van der Waals surface area contributed by atoms with Crippen molar-refractivity contribution in [2.24, 2.45) is 0 Å². The van der Waals surface area contributed by atoms with Crippen molar-refractivity contribution in [3.63, 3.8) is 0 Å². The summed E-state index contributed by atoms with van der Waals surface area (Å²) >= 11 is 0. The van der Waals surface area contributed by atoms with Crippen LogP contribution < -0.4 is 4.74 Å². The van der Waals surface area contributed by atoms with E-state index >= 15 is 0 Å². The van der Waals surface area contributed by atoms with Gasteiger partial charge in [-0.15, -0.1) is 0 Å². The van der Waals surface area contributed by atoms with Gasteiger partial charge in [-0.25, -0.2) is 0 Å². The lowest BCUT2D eigenvalue weighted by Gasteiger charge is -2.35. The number of carbonyl (C=O) groups excluding carboxylic acids is 2. The highest BCUT2D eigenvalue weighted by molar-refractivity contribution is 5.82. The van der Waals surface area contributed by atoms with Gasteiger partial charge in [0.25, 0.3) is 0 Å². The van der Waals surface area contributed by atoms with Crippen molar-refractivity contribution in [3.8, 4) is 5.75 Å². The molecule has 0 radical (unpaired) electrons. The van der Waals surface area contributed by atoms with Gasteiger partial charge in [-0.3, -0.25) is 9.59 Å². The van der Waals surface area contributed by atoms with E-state index in [1.54, 1.807) is 7.11 Å². The van der Waals surface area contributed by atoms with Crippen LogP contribution in [-0.2, 0) is 9.59 Å². The first-order valence-electron chi connectivity index (χ1n) is 7.43. The maximum atomic E-state index is 12.1. The normalized spacial score (nSPS) is 19.0. The molecule has 2 aliphatic heterocycles. The molecule has 0 spiro atoms. The largest absolute Gasteiger partial charge is 0.497 e. The van der Waals surface area contributed by atoms with Crippen molar-refractivity contribution in [3.05, 3.63) is 29.8 Å². The van der Waals surface area contributed by atoms with Crippen LogP contribution in [0.2, 0.25) is 0 Å². The van der Waals surface area contributed by atoms with E-state index in [1.165, 1.54) is 0 Å². The summed E-state index contributed by atoms with van der Waals surface area (Å²) in [6.07, 6.45) is 2.63. The zero-order chi connectivity index (χ0) is 14.8. The van der Waals surface area contributed by atoms with Gasteiger partial charge >= 0.3 is 0 Å². The molecule has 1 aromatic carbocycles. The molecule has 21 heavy (non-hydrogen) atoms. The third-order valence-corrected chi connectivity index (χ3v) is 4.22. The van der Waals surface area contributed by atoms with Gasteiger partial charge in [-0.1, -0.05) is 12.1 Å². The van der Waals surface area contributed by atoms with Crippen LogP contribution >= 0.6 is 0 Å². The number of ether oxygens (including phenoxy) is 1. The number of hydrogen-bond donors (Lipinski definition) is 0. The molecule has 0 aliphatic carbocycles. The Balaban J connectivity index is 1.94. The topological polar surface area (TPSA) is 49.9 Å². The molecule has 2 heterocycles. The van der Waals surface area contributed by atoms with Crippen LogP contribution in [0.4, 0.5) is 0 Å². The molecule has 5 nitrogen and oxygen atoms in total. The second-order valence-corrected chi connectivity index (χ2v) is 5.53. The van der Waals surface area contributed by atoms with E-state index in [4.69, 9.17) is 4.74 Å². The average Bonchev–Trinajstić information content (AvgIpc) is 3.10.